The number of carbonyl (C=O) groups is 1. The van der Waals surface area contributed by atoms with Crippen molar-refractivity contribution in [2.75, 3.05) is 19.6 Å². The first-order valence-electron chi connectivity index (χ1n) is 17.5. The minimum absolute atomic E-state index is 0.0224. The molecule has 0 saturated carbocycles. The predicted molar refractivity (Wildman–Crippen MR) is 191 cm³/mol. The largest absolute Gasteiger partial charge is 0.392 e. The molecule has 0 unspecified atom stereocenters. The Bertz CT molecular complexity index is 1850. The Morgan fingerprint density at radius 1 is 0.776 bits per heavy atom. The van der Waals surface area contributed by atoms with E-state index in [1.54, 1.807) is 0 Å². The molecular weight excluding hydrogens is 612 g/mol. The molecule has 1 aromatic heterocycles. The zero-order valence-electron chi connectivity index (χ0n) is 27.8. The van der Waals surface area contributed by atoms with Crippen LogP contribution in [-0.2, 0) is 22.6 Å². The number of aromatic nitrogens is 2. The number of para-hydroxylation sites is 2. The van der Waals surface area contributed by atoms with Crippen LogP contribution in [0.4, 0.5) is 0 Å². The molecule has 3 atom stereocenters. The number of likely N-dealkylation sites (tertiary alicyclic amines) is 1. The van der Waals surface area contributed by atoms with Crippen LogP contribution in [0.5, 0.6) is 0 Å². The number of ether oxygens (including phenoxy) is 2. The fraction of sp³-hybridized carbons (Fsp3) is 0.341. The first-order valence-corrected chi connectivity index (χ1v) is 17.5. The minimum Gasteiger partial charge on any atom is -0.392 e. The quantitative estimate of drug-likeness (QED) is 0.169. The van der Waals surface area contributed by atoms with Crippen LogP contribution < -0.4 is 5.32 Å². The molecule has 8 heteroatoms. The van der Waals surface area contributed by atoms with Crippen molar-refractivity contribution in [2.45, 2.75) is 70.2 Å². The Morgan fingerprint density at radius 3 is 2.31 bits per heavy atom. The Hall–Kier alpha value is -4.47. The third-order valence-corrected chi connectivity index (χ3v) is 9.58. The number of carbonyl (C=O) groups excluding carboxylic acids is 1. The first kappa shape index (κ1) is 33.0. The number of benzene rings is 4. The molecule has 2 fully saturated rings. The van der Waals surface area contributed by atoms with Gasteiger partial charge >= 0.3 is 0 Å². The molecular formula is C41H44N4O4. The fourth-order valence-corrected chi connectivity index (χ4v) is 6.88. The molecule has 49 heavy (non-hydrogen) atoms. The monoisotopic (exact) mass is 656 g/mol. The zero-order chi connectivity index (χ0) is 33.4. The average molecular weight is 657 g/mol. The maximum Gasteiger partial charge on any atom is 0.271 e. The van der Waals surface area contributed by atoms with Crippen LogP contribution >= 0.6 is 0 Å². The van der Waals surface area contributed by atoms with Gasteiger partial charge < -0.3 is 24.8 Å². The highest BCUT2D eigenvalue weighted by atomic mass is 16.7. The van der Waals surface area contributed by atoms with Crippen molar-refractivity contribution in [2.24, 2.45) is 0 Å². The number of aliphatic hydroxyl groups excluding tert-OH is 1. The van der Waals surface area contributed by atoms with Gasteiger partial charge in [-0.1, -0.05) is 92.1 Å². The molecule has 7 rings (SSSR count). The molecule has 0 bridgehead atoms. The standard InChI is InChI=1S/C41H44N4O4/c46-28-29-16-18-31(19-17-29)39-24-35(27-45-20-6-2-1-3-7-21-45)48-41(49-39)34-13-9-12-33(23-34)32-11-8-10-30(22-32)25-43-40(47)38-26-42-36-14-4-5-15-37(36)44-38/h4-5,8-19,22-23,26,35,39,41,46H,1-3,6-7,20-21,24-25,27-28H2,(H,43,47)/t35-,39+,41+/m1/s1. The van der Waals surface area contributed by atoms with Crippen LogP contribution in [0.1, 0.15) is 83.7 Å². The molecule has 8 nitrogen and oxygen atoms in total. The molecule has 0 spiro atoms. The third-order valence-electron chi connectivity index (χ3n) is 9.58. The molecule has 4 aromatic carbocycles. The highest BCUT2D eigenvalue weighted by Gasteiger charge is 2.33. The lowest BCUT2D eigenvalue weighted by Crippen LogP contribution is -2.40. The number of fused-ring (bicyclic) bond motifs is 1. The van der Waals surface area contributed by atoms with Gasteiger partial charge in [-0.25, -0.2) is 4.98 Å². The highest BCUT2D eigenvalue weighted by Crippen LogP contribution is 2.39. The van der Waals surface area contributed by atoms with E-state index in [-0.39, 0.29) is 24.7 Å². The van der Waals surface area contributed by atoms with E-state index in [2.05, 4.69) is 68.7 Å². The molecule has 0 radical (unpaired) electrons. The maximum absolute atomic E-state index is 12.9. The normalized spacial score (nSPS) is 20.4. The fourth-order valence-electron chi connectivity index (χ4n) is 6.88. The van der Waals surface area contributed by atoms with Gasteiger partial charge in [0, 0.05) is 25.1 Å². The van der Waals surface area contributed by atoms with E-state index >= 15 is 0 Å². The number of nitrogens with zero attached hydrogens (tertiary/aromatic N) is 3. The minimum atomic E-state index is -0.512. The summed E-state index contributed by atoms with van der Waals surface area (Å²) >= 11 is 0. The van der Waals surface area contributed by atoms with E-state index < -0.39 is 6.29 Å². The Kier molecular flexibility index (Phi) is 10.7. The average Bonchev–Trinajstić information content (AvgIpc) is 3.15. The van der Waals surface area contributed by atoms with Crippen molar-refractivity contribution in [3.05, 3.63) is 131 Å². The van der Waals surface area contributed by atoms with Crippen molar-refractivity contribution in [1.82, 2.24) is 20.2 Å². The smallest absolute Gasteiger partial charge is 0.271 e. The van der Waals surface area contributed by atoms with Gasteiger partial charge in [-0.15, -0.1) is 0 Å². The van der Waals surface area contributed by atoms with Crippen LogP contribution in [0.15, 0.2) is 103 Å². The summed E-state index contributed by atoms with van der Waals surface area (Å²) in [6.45, 7) is 3.51. The highest BCUT2D eigenvalue weighted by molar-refractivity contribution is 5.93. The summed E-state index contributed by atoms with van der Waals surface area (Å²) in [4.78, 5) is 24.3. The van der Waals surface area contributed by atoms with Gasteiger partial charge in [0.15, 0.2) is 6.29 Å². The number of hydrogen-bond donors (Lipinski definition) is 2. The molecule has 2 aliphatic heterocycles. The molecule has 2 saturated heterocycles. The van der Waals surface area contributed by atoms with Gasteiger partial charge in [0.1, 0.15) is 5.69 Å². The zero-order valence-corrected chi connectivity index (χ0v) is 27.8. The summed E-state index contributed by atoms with van der Waals surface area (Å²) in [6, 6.07) is 32.2. The SMILES string of the molecule is O=C(NCc1cccc(-c2cccc([C@H]3O[C@@H](CN4CCCCCCC4)C[C@@H](c4ccc(CO)cc4)O3)c2)c1)c1cnc2ccccc2n1. The number of amides is 1. The van der Waals surface area contributed by atoms with E-state index in [1.165, 1.54) is 38.3 Å². The lowest BCUT2D eigenvalue weighted by molar-refractivity contribution is -0.253. The van der Waals surface area contributed by atoms with Crippen LogP contribution in [0.3, 0.4) is 0 Å². The number of rotatable bonds is 9. The first-order chi connectivity index (χ1) is 24.1. The molecule has 3 heterocycles. The van der Waals surface area contributed by atoms with Gasteiger partial charge in [-0.2, -0.15) is 0 Å². The second-order valence-electron chi connectivity index (χ2n) is 13.2. The number of nitrogens with one attached hydrogen (secondary N) is 1. The van der Waals surface area contributed by atoms with E-state index in [0.29, 0.717) is 17.8 Å². The Morgan fingerprint density at radius 2 is 1.51 bits per heavy atom. The topological polar surface area (TPSA) is 96.8 Å². The van der Waals surface area contributed by atoms with Crippen molar-refractivity contribution in [3.8, 4) is 11.1 Å². The van der Waals surface area contributed by atoms with Crippen molar-refractivity contribution in [1.29, 1.82) is 0 Å². The molecule has 5 aromatic rings. The Labute approximate surface area is 288 Å². The van der Waals surface area contributed by atoms with Gasteiger partial charge in [-0.3, -0.25) is 9.78 Å². The second-order valence-corrected chi connectivity index (χ2v) is 13.2. The van der Waals surface area contributed by atoms with E-state index in [4.69, 9.17) is 9.47 Å². The summed E-state index contributed by atoms with van der Waals surface area (Å²) in [5.74, 6) is -0.261. The van der Waals surface area contributed by atoms with Crippen LogP contribution in [0.25, 0.3) is 22.2 Å². The van der Waals surface area contributed by atoms with Crippen molar-refractivity contribution >= 4 is 16.9 Å². The van der Waals surface area contributed by atoms with E-state index in [0.717, 1.165) is 65.0 Å². The van der Waals surface area contributed by atoms with Crippen molar-refractivity contribution < 1.29 is 19.4 Å². The van der Waals surface area contributed by atoms with Gasteiger partial charge in [0.25, 0.3) is 5.91 Å². The van der Waals surface area contributed by atoms with Crippen LogP contribution in [0.2, 0.25) is 0 Å². The second kappa shape index (κ2) is 15.8. The van der Waals surface area contributed by atoms with E-state index in [9.17, 15) is 9.90 Å². The lowest BCUT2D eigenvalue weighted by atomic mass is 9.98. The van der Waals surface area contributed by atoms with Crippen molar-refractivity contribution in [3.63, 3.8) is 0 Å². The number of hydrogen-bond acceptors (Lipinski definition) is 7. The maximum atomic E-state index is 12.9. The Balaban J connectivity index is 1.07. The van der Waals surface area contributed by atoms with Crippen LogP contribution in [-0.4, -0.2) is 51.6 Å². The third kappa shape index (κ3) is 8.40. The molecule has 1 amide bonds. The summed E-state index contributed by atoms with van der Waals surface area (Å²) in [6.07, 6.45) is 8.11. The predicted octanol–water partition coefficient (Wildman–Crippen LogP) is 7.53. The number of aliphatic hydroxyl groups is 1. The van der Waals surface area contributed by atoms with E-state index in [1.807, 2.05) is 48.5 Å². The summed E-state index contributed by atoms with van der Waals surface area (Å²) in [5.41, 5.74) is 7.78. The van der Waals surface area contributed by atoms with Gasteiger partial charge in [-0.05, 0) is 78.0 Å². The van der Waals surface area contributed by atoms with Crippen LogP contribution in [0, 0.1) is 0 Å². The molecule has 2 aliphatic rings. The summed E-state index contributed by atoms with van der Waals surface area (Å²) < 4.78 is 13.4. The molecule has 0 aliphatic carbocycles. The summed E-state index contributed by atoms with van der Waals surface area (Å²) in [7, 11) is 0. The summed E-state index contributed by atoms with van der Waals surface area (Å²) in [5, 5.41) is 12.6. The molecule has 2 N–H and O–H groups in total. The van der Waals surface area contributed by atoms with Gasteiger partial charge in [0.2, 0.25) is 0 Å². The van der Waals surface area contributed by atoms with Gasteiger partial charge in [0.05, 0.1) is 36.0 Å². The lowest BCUT2D eigenvalue weighted by Gasteiger charge is -2.39. The molecule has 252 valence electrons.